The van der Waals surface area contributed by atoms with Gasteiger partial charge >= 0.3 is 0 Å². The van der Waals surface area contributed by atoms with Gasteiger partial charge in [0.05, 0.1) is 12.2 Å². The molecule has 0 spiro atoms. The third-order valence-corrected chi connectivity index (χ3v) is 6.06. The van der Waals surface area contributed by atoms with Crippen LogP contribution in [0.5, 0.6) is 0 Å². The van der Waals surface area contributed by atoms with Gasteiger partial charge in [-0.05, 0) is 49.2 Å². The highest BCUT2D eigenvalue weighted by Gasteiger charge is 2.28. The monoisotopic (exact) mass is 387 g/mol. The summed E-state index contributed by atoms with van der Waals surface area (Å²) in [5, 5.41) is 0. The molecule has 3 rings (SSSR count). The molecule has 3 nitrogen and oxygen atoms in total. The molecule has 0 bridgehead atoms. The minimum Gasteiger partial charge on any atom is -0.262 e. The molecule has 27 heavy (non-hydrogen) atoms. The lowest BCUT2D eigenvalue weighted by Gasteiger charge is -2.25. The summed E-state index contributed by atoms with van der Waals surface area (Å²) in [5.41, 5.74) is 2.22. The Kier molecular flexibility index (Phi) is 5.28. The van der Waals surface area contributed by atoms with Gasteiger partial charge in [0, 0.05) is 0 Å². The molecule has 0 heterocycles. The SMILES string of the molecule is Cc1cccc(CN(c2ccc(C)c(F)c2)S(=O)(=O)c2ccccc2F)c1. The average molecular weight is 387 g/mol. The molecule has 0 amide bonds. The second kappa shape index (κ2) is 7.48. The molecule has 0 radical (unpaired) electrons. The maximum atomic E-state index is 14.2. The summed E-state index contributed by atoms with van der Waals surface area (Å²) in [4.78, 5) is -0.446. The van der Waals surface area contributed by atoms with Gasteiger partial charge in [0.1, 0.15) is 16.5 Å². The van der Waals surface area contributed by atoms with E-state index in [1.54, 1.807) is 13.0 Å². The maximum Gasteiger partial charge on any atom is 0.267 e. The molecule has 0 aromatic heterocycles. The van der Waals surface area contributed by atoms with E-state index in [1.807, 2.05) is 25.1 Å². The van der Waals surface area contributed by atoms with E-state index in [0.29, 0.717) is 5.56 Å². The van der Waals surface area contributed by atoms with Crippen molar-refractivity contribution in [1.82, 2.24) is 0 Å². The van der Waals surface area contributed by atoms with Crippen molar-refractivity contribution in [3.05, 3.63) is 95.1 Å². The fourth-order valence-corrected chi connectivity index (χ4v) is 4.31. The first-order valence-electron chi connectivity index (χ1n) is 8.38. The third kappa shape index (κ3) is 4.01. The number of hydrogen-bond donors (Lipinski definition) is 0. The van der Waals surface area contributed by atoms with Gasteiger partial charge < -0.3 is 0 Å². The molecule has 0 N–H and O–H groups in total. The first-order chi connectivity index (χ1) is 12.8. The van der Waals surface area contributed by atoms with Crippen LogP contribution in [0.25, 0.3) is 0 Å². The van der Waals surface area contributed by atoms with Crippen LogP contribution in [0.3, 0.4) is 0 Å². The quantitative estimate of drug-likeness (QED) is 0.619. The number of benzene rings is 3. The van der Waals surface area contributed by atoms with Crippen molar-refractivity contribution in [2.45, 2.75) is 25.3 Å². The zero-order chi connectivity index (χ0) is 19.6. The Morgan fingerprint density at radius 3 is 2.26 bits per heavy atom. The van der Waals surface area contributed by atoms with E-state index in [0.717, 1.165) is 27.6 Å². The van der Waals surface area contributed by atoms with Crippen LogP contribution >= 0.6 is 0 Å². The predicted molar refractivity (Wildman–Crippen MR) is 102 cm³/mol. The Morgan fingerprint density at radius 1 is 0.852 bits per heavy atom. The van der Waals surface area contributed by atoms with Crippen LogP contribution in [0.15, 0.2) is 71.6 Å². The van der Waals surface area contributed by atoms with Crippen LogP contribution in [-0.4, -0.2) is 8.42 Å². The molecule has 0 atom stereocenters. The molecule has 3 aromatic carbocycles. The van der Waals surface area contributed by atoms with Crippen LogP contribution in [0.4, 0.5) is 14.5 Å². The van der Waals surface area contributed by atoms with Gasteiger partial charge in [-0.15, -0.1) is 0 Å². The van der Waals surface area contributed by atoms with Crippen molar-refractivity contribution in [2.75, 3.05) is 4.31 Å². The Bertz CT molecular complexity index is 1080. The van der Waals surface area contributed by atoms with E-state index in [-0.39, 0.29) is 12.2 Å². The molecule has 0 saturated heterocycles. The molecule has 3 aromatic rings. The minimum absolute atomic E-state index is 0.0408. The molecule has 0 aliphatic rings. The zero-order valence-corrected chi connectivity index (χ0v) is 15.8. The molecular weight excluding hydrogens is 368 g/mol. The van der Waals surface area contributed by atoms with Crippen LogP contribution in [0.2, 0.25) is 0 Å². The summed E-state index contributed by atoms with van der Waals surface area (Å²) in [5.74, 6) is -1.37. The summed E-state index contributed by atoms with van der Waals surface area (Å²) in [7, 11) is -4.23. The minimum atomic E-state index is -4.23. The highest BCUT2D eigenvalue weighted by molar-refractivity contribution is 7.92. The number of halogens is 2. The van der Waals surface area contributed by atoms with Crippen molar-refractivity contribution in [2.24, 2.45) is 0 Å². The first kappa shape index (κ1) is 19.0. The lowest BCUT2D eigenvalue weighted by molar-refractivity contribution is 0.563. The zero-order valence-electron chi connectivity index (χ0n) is 15.0. The Morgan fingerprint density at radius 2 is 1.59 bits per heavy atom. The van der Waals surface area contributed by atoms with E-state index in [2.05, 4.69) is 0 Å². The standard InChI is InChI=1S/C21H19F2NO2S/c1-15-6-5-7-17(12-15)14-24(18-11-10-16(2)20(23)13-18)27(25,26)21-9-4-3-8-19(21)22/h3-13H,14H2,1-2H3. The van der Waals surface area contributed by atoms with Crippen LogP contribution in [-0.2, 0) is 16.6 Å². The van der Waals surface area contributed by atoms with Crippen molar-refractivity contribution in [3.8, 4) is 0 Å². The fraction of sp³-hybridized carbons (Fsp3) is 0.143. The predicted octanol–water partition coefficient (Wildman–Crippen LogP) is 4.98. The average Bonchev–Trinajstić information content (AvgIpc) is 2.62. The van der Waals surface area contributed by atoms with E-state index in [1.165, 1.54) is 30.3 Å². The normalized spacial score (nSPS) is 11.4. The molecule has 0 aliphatic carbocycles. The van der Waals surface area contributed by atoms with Crippen molar-refractivity contribution in [1.29, 1.82) is 0 Å². The number of sulfonamides is 1. The topological polar surface area (TPSA) is 37.4 Å². The number of rotatable bonds is 5. The molecular formula is C21H19F2NO2S. The van der Waals surface area contributed by atoms with E-state index in [9.17, 15) is 17.2 Å². The summed E-state index contributed by atoms with van der Waals surface area (Å²) < 4.78 is 55.8. The van der Waals surface area contributed by atoms with Gasteiger partial charge in [0.15, 0.2) is 0 Å². The Hall–Kier alpha value is -2.73. The summed E-state index contributed by atoms with van der Waals surface area (Å²) in [6, 6.07) is 16.7. The highest BCUT2D eigenvalue weighted by Crippen LogP contribution is 2.28. The van der Waals surface area contributed by atoms with Gasteiger partial charge in [-0.3, -0.25) is 4.31 Å². The number of hydrogen-bond acceptors (Lipinski definition) is 2. The summed E-state index contributed by atoms with van der Waals surface area (Å²) in [6.45, 7) is 3.45. The molecule has 6 heteroatoms. The lowest BCUT2D eigenvalue weighted by atomic mass is 10.1. The van der Waals surface area contributed by atoms with E-state index in [4.69, 9.17) is 0 Å². The van der Waals surface area contributed by atoms with Crippen molar-refractivity contribution < 1.29 is 17.2 Å². The number of anilines is 1. The smallest absolute Gasteiger partial charge is 0.262 e. The Labute approximate surface area is 157 Å². The second-order valence-electron chi connectivity index (χ2n) is 6.36. The maximum absolute atomic E-state index is 14.2. The molecule has 140 valence electrons. The summed E-state index contributed by atoms with van der Waals surface area (Å²) >= 11 is 0. The van der Waals surface area contributed by atoms with Crippen LogP contribution < -0.4 is 4.31 Å². The third-order valence-electron chi connectivity index (χ3n) is 4.26. The number of aryl methyl sites for hydroxylation is 2. The molecule has 0 saturated carbocycles. The summed E-state index contributed by atoms with van der Waals surface area (Å²) in [6.07, 6.45) is 0. The van der Waals surface area contributed by atoms with Gasteiger partial charge in [0.25, 0.3) is 10.0 Å². The fourth-order valence-electron chi connectivity index (χ4n) is 2.80. The highest BCUT2D eigenvalue weighted by atomic mass is 32.2. The van der Waals surface area contributed by atoms with E-state index >= 15 is 0 Å². The Balaban J connectivity index is 2.14. The molecule has 0 aliphatic heterocycles. The molecule has 0 fully saturated rings. The number of nitrogens with zero attached hydrogens (tertiary/aromatic N) is 1. The van der Waals surface area contributed by atoms with Gasteiger partial charge in [-0.25, -0.2) is 17.2 Å². The van der Waals surface area contributed by atoms with Crippen molar-refractivity contribution in [3.63, 3.8) is 0 Å². The van der Waals surface area contributed by atoms with Crippen molar-refractivity contribution >= 4 is 15.7 Å². The van der Waals surface area contributed by atoms with Crippen LogP contribution in [0.1, 0.15) is 16.7 Å². The lowest BCUT2D eigenvalue weighted by Crippen LogP contribution is -2.31. The largest absolute Gasteiger partial charge is 0.267 e. The van der Waals surface area contributed by atoms with E-state index < -0.39 is 26.6 Å². The van der Waals surface area contributed by atoms with Gasteiger partial charge in [-0.1, -0.05) is 48.0 Å². The molecule has 0 unspecified atom stereocenters. The second-order valence-corrected chi connectivity index (χ2v) is 8.20. The van der Waals surface area contributed by atoms with Gasteiger partial charge in [0.2, 0.25) is 0 Å². The van der Waals surface area contributed by atoms with Crippen LogP contribution in [0, 0.1) is 25.5 Å². The first-order valence-corrected chi connectivity index (χ1v) is 9.82. The van der Waals surface area contributed by atoms with Gasteiger partial charge in [-0.2, -0.15) is 0 Å².